The summed E-state index contributed by atoms with van der Waals surface area (Å²) in [5.41, 5.74) is 0.280. The topological polar surface area (TPSA) is 73.2 Å². The fourth-order valence-corrected chi connectivity index (χ4v) is 11.4. The SMILES string of the molecule is C=CC[N+]1(C)CCN([C@H]2C[C@H]3[C@@H]4CC[C@H]5C[C@H](O)[C@@H](N6CCC(O)CC6)C[C@]5(C)[C@H]4CC[C@]3(C)[C@H]2OC(C)=O)CC1.[Br-]. The number of likely N-dealkylation sites (tertiary alicyclic amines) is 1. The summed E-state index contributed by atoms with van der Waals surface area (Å²) in [5, 5.41) is 21.4. The molecule has 0 amide bonds. The van der Waals surface area contributed by atoms with Crippen LogP contribution >= 0.6 is 0 Å². The molecule has 0 spiro atoms. The molecule has 6 aliphatic rings. The Labute approximate surface area is 265 Å². The highest BCUT2D eigenvalue weighted by Gasteiger charge is 2.65. The minimum Gasteiger partial charge on any atom is -1.00 e. The van der Waals surface area contributed by atoms with E-state index in [-0.39, 0.29) is 58.1 Å². The molecule has 0 radical (unpaired) electrons. The van der Waals surface area contributed by atoms with E-state index in [1.54, 1.807) is 6.92 Å². The van der Waals surface area contributed by atoms with Gasteiger partial charge in [-0.15, -0.1) is 0 Å². The second-order valence-electron chi connectivity index (χ2n) is 16.0. The number of hydrogen-bond donors (Lipinski definition) is 2. The molecule has 240 valence electrons. The number of aliphatic hydroxyl groups excluding tert-OH is 2. The second-order valence-corrected chi connectivity index (χ2v) is 16.0. The summed E-state index contributed by atoms with van der Waals surface area (Å²) < 4.78 is 7.37. The van der Waals surface area contributed by atoms with E-state index in [1.165, 1.54) is 19.3 Å². The van der Waals surface area contributed by atoms with Crippen LogP contribution in [0.3, 0.4) is 0 Å². The fraction of sp³-hybridized carbons (Fsp3) is 0.912. The molecular formula is C34H58BrN3O4. The maximum atomic E-state index is 12.5. The Balaban J connectivity index is 0.00000353. The lowest BCUT2D eigenvalue weighted by Crippen LogP contribution is -3.00. The Morgan fingerprint density at radius 1 is 0.952 bits per heavy atom. The summed E-state index contributed by atoms with van der Waals surface area (Å²) in [4.78, 5) is 17.7. The summed E-state index contributed by atoms with van der Waals surface area (Å²) in [5.74, 6) is 2.40. The minimum atomic E-state index is -0.248. The number of fused-ring (bicyclic) bond motifs is 5. The number of hydrogen-bond acceptors (Lipinski definition) is 6. The Bertz CT molecular complexity index is 982. The van der Waals surface area contributed by atoms with Crippen molar-refractivity contribution >= 4 is 5.97 Å². The van der Waals surface area contributed by atoms with E-state index in [0.717, 1.165) is 88.8 Å². The first-order valence-corrected chi connectivity index (χ1v) is 16.9. The minimum absolute atomic E-state index is 0. The molecule has 6 rings (SSSR count). The lowest BCUT2D eigenvalue weighted by molar-refractivity contribution is -0.908. The van der Waals surface area contributed by atoms with Gasteiger partial charge in [0.1, 0.15) is 6.10 Å². The van der Waals surface area contributed by atoms with Gasteiger partial charge in [-0.05, 0) is 93.0 Å². The Morgan fingerprint density at radius 3 is 2.26 bits per heavy atom. The van der Waals surface area contributed by atoms with Crippen molar-refractivity contribution in [1.29, 1.82) is 0 Å². The number of esters is 1. The van der Waals surface area contributed by atoms with Gasteiger partial charge >= 0.3 is 5.97 Å². The first-order valence-electron chi connectivity index (χ1n) is 16.9. The number of rotatable bonds is 5. The molecule has 4 saturated carbocycles. The molecule has 0 aromatic heterocycles. The molecule has 42 heavy (non-hydrogen) atoms. The number of quaternary nitrogens is 1. The zero-order valence-corrected chi connectivity index (χ0v) is 28.3. The van der Waals surface area contributed by atoms with Crippen molar-refractivity contribution in [2.75, 3.05) is 52.9 Å². The van der Waals surface area contributed by atoms with Gasteiger partial charge in [0.05, 0.1) is 38.9 Å². The van der Waals surface area contributed by atoms with Crippen molar-refractivity contribution in [2.45, 2.75) is 109 Å². The molecule has 0 bridgehead atoms. The molecular weight excluding hydrogens is 594 g/mol. The van der Waals surface area contributed by atoms with E-state index in [2.05, 4.69) is 43.3 Å². The normalized spacial score (nSPS) is 46.0. The number of halogens is 1. The quantitative estimate of drug-likeness (QED) is 0.259. The lowest BCUT2D eigenvalue weighted by atomic mass is 9.44. The van der Waals surface area contributed by atoms with Gasteiger partial charge in [-0.3, -0.25) is 14.6 Å². The predicted molar refractivity (Wildman–Crippen MR) is 161 cm³/mol. The smallest absolute Gasteiger partial charge is 0.302 e. The Morgan fingerprint density at radius 2 is 1.62 bits per heavy atom. The van der Waals surface area contributed by atoms with Crippen LogP contribution in [0.5, 0.6) is 0 Å². The van der Waals surface area contributed by atoms with Gasteiger partial charge < -0.3 is 36.4 Å². The zero-order chi connectivity index (χ0) is 29.2. The third-order valence-corrected chi connectivity index (χ3v) is 13.8. The van der Waals surface area contributed by atoms with Crippen molar-refractivity contribution in [3.8, 4) is 0 Å². The number of carbonyl (C=O) groups excluding carboxylic acids is 1. The summed E-state index contributed by atoms with van der Waals surface area (Å²) in [6, 6.07) is 0.536. The highest BCUT2D eigenvalue weighted by atomic mass is 79.9. The molecule has 0 aromatic rings. The van der Waals surface area contributed by atoms with Gasteiger partial charge in [-0.25, -0.2) is 0 Å². The first-order chi connectivity index (χ1) is 19.5. The zero-order valence-electron chi connectivity index (χ0n) is 26.7. The van der Waals surface area contributed by atoms with Gasteiger partial charge in [-0.2, -0.15) is 0 Å². The van der Waals surface area contributed by atoms with Crippen LogP contribution in [0.4, 0.5) is 0 Å². The van der Waals surface area contributed by atoms with Crippen molar-refractivity contribution < 1.29 is 41.2 Å². The van der Waals surface area contributed by atoms with Crippen molar-refractivity contribution in [3.63, 3.8) is 0 Å². The Kier molecular flexibility index (Phi) is 9.67. The van der Waals surface area contributed by atoms with Gasteiger partial charge in [0.15, 0.2) is 0 Å². The summed E-state index contributed by atoms with van der Waals surface area (Å²) in [7, 11) is 2.35. The highest BCUT2D eigenvalue weighted by Crippen LogP contribution is 2.67. The van der Waals surface area contributed by atoms with Crippen LogP contribution in [0.15, 0.2) is 12.7 Å². The molecule has 2 N–H and O–H groups in total. The number of nitrogens with zero attached hydrogens (tertiary/aromatic N) is 3. The van der Waals surface area contributed by atoms with Crippen molar-refractivity contribution in [3.05, 3.63) is 12.7 Å². The maximum Gasteiger partial charge on any atom is 0.302 e. The average Bonchev–Trinajstić information content (AvgIpc) is 3.21. The van der Waals surface area contributed by atoms with Crippen LogP contribution < -0.4 is 17.0 Å². The molecule has 0 unspecified atom stereocenters. The van der Waals surface area contributed by atoms with E-state index in [0.29, 0.717) is 29.7 Å². The molecule has 10 atom stereocenters. The van der Waals surface area contributed by atoms with Gasteiger partial charge in [0.2, 0.25) is 0 Å². The summed E-state index contributed by atoms with van der Waals surface area (Å²) in [6.07, 6.45) is 11.3. The van der Waals surface area contributed by atoms with Crippen molar-refractivity contribution in [2.24, 2.45) is 34.5 Å². The number of likely N-dealkylation sites (N-methyl/N-ethyl adjacent to an activating group) is 1. The summed E-state index contributed by atoms with van der Waals surface area (Å²) >= 11 is 0. The third-order valence-electron chi connectivity index (χ3n) is 13.8. The molecule has 0 aromatic carbocycles. The molecule has 7 nitrogen and oxygen atoms in total. The van der Waals surface area contributed by atoms with Crippen LogP contribution in [0.2, 0.25) is 0 Å². The standard InChI is InChI=1S/C34H58N3O4.BrH/c1-6-17-37(5)18-15-36(16-19-37)29-21-28-26-8-7-24-20-31(40)30(35-13-10-25(39)11-14-35)22-34(24,4)27(26)9-12-33(28,3)32(29)41-23(2)38;/h6,24-32,39-40H,1,7-22H2,2-5H3;1H/q+1;/p-1/t24-,26+,27-,28-,29-,30-,31-,32-,33-,34-;/m0./s1. The average molecular weight is 653 g/mol. The first kappa shape index (κ1) is 32.9. The molecule has 8 heteroatoms. The number of piperidine rings is 1. The van der Waals surface area contributed by atoms with Gasteiger partial charge in [0.25, 0.3) is 0 Å². The third kappa shape index (κ3) is 5.68. The molecule has 2 heterocycles. The number of carbonyl (C=O) groups is 1. The van der Waals surface area contributed by atoms with Crippen LogP contribution in [0.1, 0.15) is 78.6 Å². The van der Waals surface area contributed by atoms with E-state index in [4.69, 9.17) is 4.74 Å². The molecule has 2 aliphatic heterocycles. The highest BCUT2D eigenvalue weighted by molar-refractivity contribution is 5.66. The molecule has 6 fully saturated rings. The fourth-order valence-electron chi connectivity index (χ4n) is 11.4. The van der Waals surface area contributed by atoms with Crippen LogP contribution in [-0.4, -0.2) is 114 Å². The van der Waals surface area contributed by atoms with Gasteiger partial charge in [0, 0.05) is 50.6 Å². The van der Waals surface area contributed by atoms with Crippen LogP contribution in [0, 0.1) is 34.5 Å². The predicted octanol–water partition coefficient (Wildman–Crippen LogP) is 0.688. The number of piperazine rings is 1. The molecule has 2 saturated heterocycles. The van der Waals surface area contributed by atoms with E-state index in [9.17, 15) is 15.0 Å². The number of ether oxygens (including phenoxy) is 1. The van der Waals surface area contributed by atoms with Gasteiger partial charge in [-0.1, -0.05) is 20.4 Å². The lowest BCUT2D eigenvalue weighted by Gasteiger charge is -2.62. The number of aliphatic hydroxyl groups is 2. The van der Waals surface area contributed by atoms with E-state index in [1.807, 2.05) is 0 Å². The van der Waals surface area contributed by atoms with Crippen molar-refractivity contribution in [1.82, 2.24) is 9.80 Å². The van der Waals surface area contributed by atoms with Crippen LogP contribution in [0.25, 0.3) is 0 Å². The Hall–Kier alpha value is -0.510. The van der Waals surface area contributed by atoms with Crippen LogP contribution in [-0.2, 0) is 9.53 Å². The summed E-state index contributed by atoms with van der Waals surface area (Å²) in [6.45, 7) is 17.8. The maximum absolute atomic E-state index is 12.5. The van der Waals surface area contributed by atoms with E-state index < -0.39 is 0 Å². The molecule has 4 aliphatic carbocycles. The van der Waals surface area contributed by atoms with E-state index >= 15 is 0 Å². The second kappa shape index (κ2) is 12.4. The monoisotopic (exact) mass is 651 g/mol. The largest absolute Gasteiger partial charge is 1.00 e.